The predicted octanol–water partition coefficient (Wildman–Crippen LogP) is 4.38. The molecule has 1 aliphatic carbocycles. The van der Waals surface area contributed by atoms with Gasteiger partial charge in [0.1, 0.15) is 24.6 Å². The molecule has 2 aromatic heterocycles. The molecule has 0 spiro atoms. The molecule has 1 aromatic carbocycles. The molecule has 3 heterocycles. The average Bonchev–Trinajstić information content (AvgIpc) is 3.38. The maximum atomic E-state index is 13.5. The Kier molecular flexibility index (Phi) is 7.03. The lowest BCUT2D eigenvalue weighted by atomic mass is 9.88. The molecule has 1 aliphatic heterocycles. The van der Waals surface area contributed by atoms with E-state index in [2.05, 4.69) is 35.8 Å². The molecule has 3 atom stereocenters. The van der Waals surface area contributed by atoms with Gasteiger partial charge < -0.3 is 9.64 Å². The topological polar surface area (TPSA) is 107 Å². The minimum Gasteiger partial charge on any atom is -0.486 e. The van der Waals surface area contributed by atoms with E-state index in [9.17, 15) is 14.4 Å². The van der Waals surface area contributed by atoms with Crippen molar-refractivity contribution in [3.63, 3.8) is 0 Å². The molecule has 9 heteroatoms. The lowest BCUT2D eigenvalue weighted by Gasteiger charge is -2.27. The van der Waals surface area contributed by atoms with Crippen LogP contribution in [0.5, 0.6) is 5.75 Å². The number of fused-ring (bicyclic) bond motifs is 2. The van der Waals surface area contributed by atoms with Crippen LogP contribution in [0, 0.1) is 11.3 Å². The van der Waals surface area contributed by atoms with E-state index in [-0.39, 0.29) is 53.8 Å². The van der Waals surface area contributed by atoms with Crippen molar-refractivity contribution >= 4 is 28.4 Å². The van der Waals surface area contributed by atoms with Crippen molar-refractivity contribution in [3.05, 3.63) is 48.2 Å². The fourth-order valence-electron chi connectivity index (χ4n) is 5.45. The first-order valence-electron chi connectivity index (χ1n) is 13.3. The largest absolute Gasteiger partial charge is 0.486 e. The van der Waals surface area contributed by atoms with Gasteiger partial charge in [-0.25, -0.2) is 9.97 Å². The highest BCUT2D eigenvalue weighted by molar-refractivity contribution is 6.05. The van der Waals surface area contributed by atoms with Gasteiger partial charge in [0, 0.05) is 37.2 Å². The summed E-state index contributed by atoms with van der Waals surface area (Å²) in [4.78, 5) is 49.2. The average molecular weight is 518 g/mol. The van der Waals surface area contributed by atoms with Gasteiger partial charge in [0.15, 0.2) is 17.4 Å². The van der Waals surface area contributed by atoms with Crippen molar-refractivity contribution in [1.82, 2.24) is 24.6 Å². The SMILES string of the molecule is CC(=O)c1nn(CC(=O)N2[C@@H]3C[C@@H]3C[C@H]2C(=O)CCCC(C)(C)C)c2ccc(OCc3ncccn3)cc12. The van der Waals surface area contributed by atoms with Crippen LogP contribution in [0.4, 0.5) is 0 Å². The Labute approximate surface area is 222 Å². The van der Waals surface area contributed by atoms with Crippen molar-refractivity contribution < 1.29 is 19.1 Å². The Morgan fingerprint density at radius 2 is 1.87 bits per heavy atom. The second-order valence-corrected chi connectivity index (χ2v) is 11.7. The number of ketones is 2. The molecular weight excluding hydrogens is 482 g/mol. The maximum absolute atomic E-state index is 13.5. The first-order chi connectivity index (χ1) is 18.1. The van der Waals surface area contributed by atoms with E-state index in [0.29, 0.717) is 34.8 Å². The van der Waals surface area contributed by atoms with Gasteiger partial charge in [-0.3, -0.25) is 19.1 Å². The second-order valence-electron chi connectivity index (χ2n) is 11.7. The number of carbonyl (C=O) groups is 3. The van der Waals surface area contributed by atoms with Crippen LogP contribution in [0.25, 0.3) is 10.9 Å². The van der Waals surface area contributed by atoms with E-state index in [1.807, 2.05) is 11.0 Å². The number of hydrogen-bond donors (Lipinski definition) is 0. The molecule has 5 rings (SSSR count). The van der Waals surface area contributed by atoms with Crippen molar-refractivity contribution in [3.8, 4) is 5.75 Å². The number of aromatic nitrogens is 4. The van der Waals surface area contributed by atoms with Gasteiger partial charge in [0.25, 0.3) is 0 Å². The normalized spacial score (nSPS) is 20.4. The third-order valence-electron chi connectivity index (χ3n) is 7.44. The molecule has 2 fully saturated rings. The summed E-state index contributed by atoms with van der Waals surface area (Å²) in [6.07, 6.45) is 7.33. The van der Waals surface area contributed by atoms with Gasteiger partial charge in [-0.2, -0.15) is 5.10 Å². The highest BCUT2D eigenvalue weighted by Crippen LogP contribution is 2.48. The van der Waals surface area contributed by atoms with Gasteiger partial charge >= 0.3 is 0 Å². The summed E-state index contributed by atoms with van der Waals surface area (Å²) in [5.74, 6) is 1.37. The van der Waals surface area contributed by atoms with Crippen LogP contribution in [0.3, 0.4) is 0 Å². The van der Waals surface area contributed by atoms with Crippen LogP contribution < -0.4 is 4.74 Å². The Bertz CT molecular complexity index is 1360. The Hall–Kier alpha value is -3.62. The smallest absolute Gasteiger partial charge is 0.245 e. The quantitative estimate of drug-likeness (QED) is 0.367. The van der Waals surface area contributed by atoms with Crippen LogP contribution in [0.15, 0.2) is 36.7 Å². The molecular formula is C29H35N5O4. The number of Topliss-reactive ketones (excluding diaryl/α,β-unsaturated/α-hetero) is 2. The van der Waals surface area contributed by atoms with E-state index in [1.54, 1.807) is 35.3 Å². The lowest BCUT2D eigenvalue weighted by molar-refractivity contribution is -0.139. The molecule has 200 valence electrons. The van der Waals surface area contributed by atoms with Crippen LogP contribution >= 0.6 is 0 Å². The molecule has 1 saturated heterocycles. The van der Waals surface area contributed by atoms with Gasteiger partial charge in [-0.1, -0.05) is 20.8 Å². The highest BCUT2D eigenvalue weighted by atomic mass is 16.5. The fourth-order valence-corrected chi connectivity index (χ4v) is 5.45. The van der Waals surface area contributed by atoms with Crippen LogP contribution in [-0.4, -0.2) is 54.2 Å². The predicted molar refractivity (Wildman–Crippen MR) is 142 cm³/mol. The Balaban J connectivity index is 1.31. The number of piperidine rings is 1. The fraction of sp³-hybridized carbons (Fsp3) is 0.517. The van der Waals surface area contributed by atoms with Crippen LogP contribution in [-0.2, 0) is 22.7 Å². The summed E-state index contributed by atoms with van der Waals surface area (Å²) in [6, 6.07) is 6.89. The number of likely N-dealkylation sites (tertiary alicyclic amines) is 1. The van der Waals surface area contributed by atoms with E-state index >= 15 is 0 Å². The minimum atomic E-state index is -0.347. The van der Waals surface area contributed by atoms with Crippen molar-refractivity contribution in [2.45, 2.75) is 85.0 Å². The molecule has 0 unspecified atom stereocenters. The molecule has 9 nitrogen and oxygen atoms in total. The molecule has 3 aromatic rings. The lowest BCUT2D eigenvalue weighted by Crippen LogP contribution is -2.44. The standard InChI is InChI=1S/C29H35N5O4/c1-18(35)28-21-15-20(38-17-26-30-11-6-12-31-26)8-9-22(21)33(32-28)16-27(37)34-23-13-19(23)14-24(34)25(36)7-5-10-29(2,3)4/h6,8-9,11-12,15,19,23-24H,5,7,10,13-14,16-17H2,1-4H3/t19-,23-,24+/m1/s1. The molecule has 0 radical (unpaired) electrons. The summed E-state index contributed by atoms with van der Waals surface area (Å²) in [7, 11) is 0. The number of amides is 1. The minimum absolute atomic E-state index is 0.0170. The van der Waals surface area contributed by atoms with E-state index in [0.717, 1.165) is 25.7 Å². The molecule has 0 N–H and O–H groups in total. The zero-order chi connectivity index (χ0) is 27.0. The molecule has 1 saturated carbocycles. The summed E-state index contributed by atoms with van der Waals surface area (Å²) < 4.78 is 7.41. The summed E-state index contributed by atoms with van der Waals surface area (Å²) in [5.41, 5.74) is 1.14. The third kappa shape index (κ3) is 5.61. The number of nitrogens with zero attached hydrogens (tertiary/aromatic N) is 5. The maximum Gasteiger partial charge on any atom is 0.245 e. The monoisotopic (exact) mass is 517 g/mol. The molecule has 38 heavy (non-hydrogen) atoms. The zero-order valence-electron chi connectivity index (χ0n) is 22.5. The summed E-state index contributed by atoms with van der Waals surface area (Å²) in [6.45, 7) is 8.16. The molecule has 2 aliphatic rings. The number of benzene rings is 1. The van der Waals surface area contributed by atoms with E-state index < -0.39 is 0 Å². The summed E-state index contributed by atoms with van der Waals surface area (Å²) in [5, 5.41) is 5.12. The first-order valence-corrected chi connectivity index (χ1v) is 13.3. The number of carbonyl (C=O) groups excluding carboxylic acids is 3. The number of hydrogen-bond acceptors (Lipinski definition) is 7. The second kappa shape index (κ2) is 10.3. The Morgan fingerprint density at radius 3 is 2.58 bits per heavy atom. The summed E-state index contributed by atoms with van der Waals surface area (Å²) >= 11 is 0. The Morgan fingerprint density at radius 1 is 1.11 bits per heavy atom. The number of rotatable bonds is 10. The van der Waals surface area contributed by atoms with Gasteiger partial charge in [0.2, 0.25) is 5.91 Å². The van der Waals surface area contributed by atoms with E-state index in [4.69, 9.17) is 4.74 Å². The van der Waals surface area contributed by atoms with Crippen molar-refractivity contribution in [2.24, 2.45) is 11.3 Å². The highest BCUT2D eigenvalue weighted by Gasteiger charge is 2.55. The third-order valence-corrected chi connectivity index (χ3v) is 7.44. The van der Waals surface area contributed by atoms with E-state index in [1.165, 1.54) is 6.92 Å². The van der Waals surface area contributed by atoms with Crippen molar-refractivity contribution in [1.29, 1.82) is 0 Å². The number of ether oxygens (including phenoxy) is 1. The molecule has 0 bridgehead atoms. The van der Waals surface area contributed by atoms with Crippen molar-refractivity contribution in [2.75, 3.05) is 0 Å². The first kappa shape index (κ1) is 26.0. The van der Waals surface area contributed by atoms with Crippen LogP contribution in [0.2, 0.25) is 0 Å². The molecule has 1 amide bonds. The van der Waals surface area contributed by atoms with Crippen LogP contribution in [0.1, 0.15) is 76.1 Å². The van der Waals surface area contributed by atoms with Gasteiger partial charge in [-0.05, 0) is 61.3 Å². The van der Waals surface area contributed by atoms with Gasteiger partial charge in [-0.15, -0.1) is 0 Å². The van der Waals surface area contributed by atoms with Gasteiger partial charge in [0.05, 0.1) is 11.6 Å². The zero-order valence-corrected chi connectivity index (χ0v) is 22.5.